The average Bonchev–Trinajstić information content (AvgIpc) is 3.17. The number of hydrogen-bond acceptors (Lipinski definition) is 4. The van der Waals surface area contributed by atoms with Crippen molar-refractivity contribution in [2.45, 2.75) is 39.7 Å². The molecule has 0 fully saturated rings. The van der Waals surface area contributed by atoms with E-state index in [4.69, 9.17) is 16.1 Å². The number of rotatable bonds is 7. The van der Waals surface area contributed by atoms with E-state index >= 15 is 0 Å². The van der Waals surface area contributed by atoms with Crippen LogP contribution in [0.2, 0.25) is 5.02 Å². The van der Waals surface area contributed by atoms with Gasteiger partial charge in [0, 0.05) is 17.0 Å². The van der Waals surface area contributed by atoms with Gasteiger partial charge < -0.3 is 9.84 Å². The van der Waals surface area contributed by atoms with Crippen molar-refractivity contribution in [2.75, 3.05) is 0 Å². The second kappa shape index (κ2) is 9.02. The first-order valence-corrected chi connectivity index (χ1v) is 9.75. The standard InChI is InChI=1S/C22H24ClN3O2/c1-14(2)20(24-19(27)12-10-16-7-5-4-6-8-16)22-25-21(26-28-22)17-11-9-15(3)18(23)13-17/h4-9,11,13-14,20H,10,12H2,1-3H3,(H,24,27). The molecular weight excluding hydrogens is 374 g/mol. The molecule has 1 atom stereocenters. The lowest BCUT2D eigenvalue weighted by molar-refractivity contribution is -0.122. The van der Waals surface area contributed by atoms with Crippen molar-refractivity contribution in [1.82, 2.24) is 15.5 Å². The lowest BCUT2D eigenvalue weighted by Crippen LogP contribution is -2.32. The molecule has 0 spiro atoms. The zero-order valence-electron chi connectivity index (χ0n) is 16.3. The number of nitrogens with zero attached hydrogens (tertiary/aromatic N) is 2. The number of hydrogen-bond donors (Lipinski definition) is 1. The maximum absolute atomic E-state index is 12.4. The fraction of sp³-hybridized carbons (Fsp3) is 0.318. The van der Waals surface area contributed by atoms with Crippen LogP contribution in [-0.2, 0) is 11.2 Å². The van der Waals surface area contributed by atoms with E-state index in [0.29, 0.717) is 29.6 Å². The number of aromatic nitrogens is 2. The molecule has 28 heavy (non-hydrogen) atoms. The predicted octanol–water partition coefficient (Wildman–Crippen LogP) is 5.14. The van der Waals surface area contributed by atoms with Gasteiger partial charge in [-0.05, 0) is 36.5 Å². The zero-order chi connectivity index (χ0) is 20.1. The van der Waals surface area contributed by atoms with E-state index in [1.165, 1.54) is 0 Å². The summed E-state index contributed by atoms with van der Waals surface area (Å²) >= 11 is 6.19. The third-order valence-electron chi connectivity index (χ3n) is 4.60. The van der Waals surface area contributed by atoms with Crippen LogP contribution in [0.3, 0.4) is 0 Å². The van der Waals surface area contributed by atoms with Crippen LogP contribution >= 0.6 is 11.6 Å². The Kier molecular flexibility index (Phi) is 6.47. The maximum Gasteiger partial charge on any atom is 0.249 e. The summed E-state index contributed by atoms with van der Waals surface area (Å²) in [4.78, 5) is 16.9. The van der Waals surface area contributed by atoms with Gasteiger partial charge in [0.15, 0.2) is 0 Å². The van der Waals surface area contributed by atoms with Gasteiger partial charge in [0.05, 0.1) is 0 Å². The van der Waals surface area contributed by atoms with Gasteiger partial charge in [0.25, 0.3) is 0 Å². The van der Waals surface area contributed by atoms with Crippen LogP contribution in [0.15, 0.2) is 53.1 Å². The normalized spacial score (nSPS) is 12.2. The smallest absolute Gasteiger partial charge is 0.249 e. The van der Waals surface area contributed by atoms with Gasteiger partial charge in [-0.1, -0.05) is 73.1 Å². The lowest BCUT2D eigenvalue weighted by Gasteiger charge is -2.18. The Hall–Kier alpha value is -2.66. The summed E-state index contributed by atoms with van der Waals surface area (Å²) in [5.41, 5.74) is 2.90. The zero-order valence-corrected chi connectivity index (χ0v) is 17.0. The Bertz CT molecular complexity index is 938. The number of nitrogens with one attached hydrogen (secondary N) is 1. The van der Waals surface area contributed by atoms with Crippen LogP contribution in [0.1, 0.15) is 43.3 Å². The molecule has 6 heteroatoms. The van der Waals surface area contributed by atoms with Crippen molar-refractivity contribution >= 4 is 17.5 Å². The number of halogens is 1. The molecule has 1 unspecified atom stereocenters. The summed E-state index contributed by atoms with van der Waals surface area (Å²) in [7, 11) is 0. The van der Waals surface area contributed by atoms with E-state index in [9.17, 15) is 4.79 Å². The predicted molar refractivity (Wildman–Crippen MR) is 110 cm³/mol. The fourth-order valence-corrected chi connectivity index (χ4v) is 3.05. The quantitative estimate of drug-likeness (QED) is 0.599. The Morgan fingerprint density at radius 1 is 1.18 bits per heavy atom. The van der Waals surface area contributed by atoms with E-state index < -0.39 is 0 Å². The molecule has 0 aliphatic carbocycles. The molecular formula is C22H24ClN3O2. The van der Waals surface area contributed by atoms with Crippen molar-refractivity contribution in [3.63, 3.8) is 0 Å². The molecule has 0 saturated heterocycles. The molecule has 0 radical (unpaired) electrons. The van der Waals surface area contributed by atoms with Crippen LogP contribution < -0.4 is 5.32 Å². The van der Waals surface area contributed by atoms with Gasteiger partial charge in [-0.3, -0.25) is 4.79 Å². The number of amides is 1. The largest absolute Gasteiger partial charge is 0.344 e. The molecule has 2 aromatic carbocycles. The third kappa shape index (κ3) is 4.98. The van der Waals surface area contributed by atoms with E-state index in [-0.39, 0.29) is 17.9 Å². The second-order valence-corrected chi connectivity index (χ2v) is 7.60. The van der Waals surface area contributed by atoms with Gasteiger partial charge in [-0.25, -0.2) is 0 Å². The average molecular weight is 398 g/mol. The van der Waals surface area contributed by atoms with Gasteiger partial charge in [0.1, 0.15) is 6.04 Å². The molecule has 3 aromatic rings. The molecule has 5 nitrogen and oxygen atoms in total. The van der Waals surface area contributed by atoms with Crippen molar-refractivity contribution in [3.05, 3.63) is 70.6 Å². The molecule has 1 heterocycles. The first-order valence-electron chi connectivity index (χ1n) is 9.37. The highest BCUT2D eigenvalue weighted by Gasteiger charge is 2.25. The highest BCUT2D eigenvalue weighted by Crippen LogP contribution is 2.26. The monoisotopic (exact) mass is 397 g/mol. The van der Waals surface area contributed by atoms with Crippen LogP contribution in [0.25, 0.3) is 11.4 Å². The highest BCUT2D eigenvalue weighted by atomic mass is 35.5. The van der Waals surface area contributed by atoms with Crippen molar-refractivity contribution < 1.29 is 9.32 Å². The lowest BCUT2D eigenvalue weighted by atomic mass is 10.0. The first kappa shape index (κ1) is 20.1. The summed E-state index contributed by atoms with van der Waals surface area (Å²) in [6, 6.07) is 15.2. The third-order valence-corrected chi connectivity index (χ3v) is 5.01. The summed E-state index contributed by atoms with van der Waals surface area (Å²) in [6.45, 7) is 5.96. The summed E-state index contributed by atoms with van der Waals surface area (Å²) < 4.78 is 5.46. The SMILES string of the molecule is Cc1ccc(-c2noc(C(NC(=O)CCc3ccccc3)C(C)C)n2)cc1Cl. The molecule has 1 N–H and O–H groups in total. The summed E-state index contributed by atoms with van der Waals surface area (Å²) in [5, 5.41) is 7.74. The van der Waals surface area contributed by atoms with E-state index in [1.54, 1.807) is 0 Å². The Balaban J connectivity index is 1.69. The molecule has 3 rings (SSSR count). The summed E-state index contributed by atoms with van der Waals surface area (Å²) in [6.07, 6.45) is 1.09. The van der Waals surface area contributed by atoms with Crippen molar-refractivity contribution in [2.24, 2.45) is 5.92 Å². The van der Waals surface area contributed by atoms with Gasteiger partial charge in [-0.2, -0.15) is 4.98 Å². The Labute approximate surface area is 170 Å². The maximum atomic E-state index is 12.4. The van der Waals surface area contributed by atoms with E-state index in [2.05, 4.69) is 15.5 Å². The number of aryl methyl sites for hydroxylation is 2. The topological polar surface area (TPSA) is 68.0 Å². The molecule has 0 aliphatic heterocycles. The van der Waals surface area contributed by atoms with E-state index in [0.717, 1.165) is 16.7 Å². The Morgan fingerprint density at radius 2 is 1.93 bits per heavy atom. The molecule has 1 amide bonds. The highest BCUT2D eigenvalue weighted by molar-refractivity contribution is 6.31. The number of carbonyl (C=O) groups is 1. The molecule has 1 aromatic heterocycles. The van der Waals surface area contributed by atoms with E-state index in [1.807, 2.05) is 69.3 Å². The van der Waals surface area contributed by atoms with Crippen LogP contribution in [0, 0.1) is 12.8 Å². The van der Waals surface area contributed by atoms with Crippen molar-refractivity contribution in [3.8, 4) is 11.4 Å². The Morgan fingerprint density at radius 3 is 2.61 bits per heavy atom. The molecule has 0 saturated carbocycles. The number of benzene rings is 2. The van der Waals surface area contributed by atoms with Crippen LogP contribution in [-0.4, -0.2) is 16.0 Å². The fourth-order valence-electron chi connectivity index (χ4n) is 2.87. The molecule has 0 aliphatic rings. The minimum atomic E-state index is -0.342. The van der Waals surface area contributed by atoms with Gasteiger partial charge in [0.2, 0.25) is 17.6 Å². The minimum absolute atomic E-state index is 0.0410. The van der Waals surface area contributed by atoms with Crippen LogP contribution in [0.4, 0.5) is 0 Å². The first-order chi connectivity index (χ1) is 13.4. The van der Waals surface area contributed by atoms with Gasteiger partial charge in [-0.15, -0.1) is 0 Å². The number of carbonyl (C=O) groups excluding carboxylic acids is 1. The van der Waals surface area contributed by atoms with Crippen molar-refractivity contribution in [1.29, 1.82) is 0 Å². The van der Waals surface area contributed by atoms with Gasteiger partial charge >= 0.3 is 0 Å². The second-order valence-electron chi connectivity index (χ2n) is 7.19. The molecule has 0 bridgehead atoms. The summed E-state index contributed by atoms with van der Waals surface area (Å²) in [5.74, 6) is 0.923. The van der Waals surface area contributed by atoms with Crippen LogP contribution in [0.5, 0.6) is 0 Å². The minimum Gasteiger partial charge on any atom is -0.344 e. The molecule has 146 valence electrons.